The molecule has 2 aromatic rings. The van der Waals surface area contributed by atoms with Crippen LogP contribution in [-0.4, -0.2) is 26.7 Å². The number of nitrogens with zero attached hydrogens (tertiary/aromatic N) is 3. The number of ketones is 1. The van der Waals surface area contributed by atoms with Crippen molar-refractivity contribution in [3.63, 3.8) is 0 Å². The number of thioether (sulfide) groups is 1. The van der Waals surface area contributed by atoms with Gasteiger partial charge in [-0.1, -0.05) is 36.4 Å². The van der Waals surface area contributed by atoms with Gasteiger partial charge in [-0.3, -0.25) is 9.79 Å². The third-order valence-corrected chi connectivity index (χ3v) is 5.43. The number of Topliss-reactive ketones (excluding diaryl/α,β-unsaturated/α-hetero) is 1. The smallest absolute Gasteiger partial charge is 0.204 e. The molecule has 0 aliphatic carbocycles. The number of hydrogen-bond donors (Lipinski definition) is 1. The van der Waals surface area contributed by atoms with E-state index in [9.17, 15) is 9.18 Å². The molecule has 0 fully saturated rings. The van der Waals surface area contributed by atoms with E-state index in [1.165, 1.54) is 30.2 Å². The highest BCUT2D eigenvalue weighted by Crippen LogP contribution is 2.39. The molecule has 2 heterocycles. The predicted molar refractivity (Wildman–Crippen MR) is 102 cm³/mol. The van der Waals surface area contributed by atoms with E-state index in [0.717, 1.165) is 5.75 Å². The first-order chi connectivity index (χ1) is 12.4. The molecule has 0 unspecified atom stereocenters. The molecule has 1 aliphatic rings. The number of rotatable bonds is 5. The predicted octanol–water partition coefficient (Wildman–Crippen LogP) is 3.75. The molecule has 1 atom stereocenters. The van der Waals surface area contributed by atoms with Crippen LogP contribution in [0.5, 0.6) is 0 Å². The first-order valence-electron chi connectivity index (χ1n) is 8.21. The SMILES string of the molecule is CC[C@@]1(c2cc(CC(=O)c3ncc(Cl)cn3)ccc2F)CCSC(N)=N1. The molecule has 136 valence electrons. The lowest BCUT2D eigenvalue weighted by atomic mass is 9.83. The van der Waals surface area contributed by atoms with E-state index in [4.69, 9.17) is 17.3 Å². The van der Waals surface area contributed by atoms with Crippen LogP contribution in [0.15, 0.2) is 35.6 Å². The number of amidine groups is 1. The van der Waals surface area contributed by atoms with Crippen LogP contribution < -0.4 is 5.73 Å². The Hall–Kier alpha value is -1.99. The number of halogens is 2. The highest BCUT2D eigenvalue weighted by atomic mass is 35.5. The number of carbonyl (C=O) groups is 1. The molecule has 1 aliphatic heterocycles. The summed E-state index contributed by atoms with van der Waals surface area (Å²) in [5.74, 6) is 0.271. The largest absolute Gasteiger partial charge is 0.379 e. The topological polar surface area (TPSA) is 81.2 Å². The summed E-state index contributed by atoms with van der Waals surface area (Å²) in [6.45, 7) is 1.96. The van der Waals surface area contributed by atoms with E-state index < -0.39 is 5.54 Å². The third kappa shape index (κ3) is 3.88. The van der Waals surface area contributed by atoms with Crippen molar-refractivity contribution in [2.45, 2.75) is 31.7 Å². The van der Waals surface area contributed by atoms with Gasteiger partial charge in [-0.15, -0.1) is 0 Å². The van der Waals surface area contributed by atoms with Crippen LogP contribution in [0.1, 0.15) is 41.5 Å². The second-order valence-electron chi connectivity index (χ2n) is 6.07. The normalized spacial score (nSPS) is 19.9. The molecule has 0 spiro atoms. The number of aromatic nitrogens is 2. The second-order valence-corrected chi connectivity index (χ2v) is 7.62. The summed E-state index contributed by atoms with van der Waals surface area (Å²) in [4.78, 5) is 24.8. The maximum Gasteiger partial charge on any atom is 0.204 e. The Morgan fingerprint density at radius 1 is 1.38 bits per heavy atom. The lowest BCUT2D eigenvalue weighted by Gasteiger charge is -2.33. The summed E-state index contributed by atoms with van der Waals surface area (Å²) >= 11 is 7.21. The first kappa shape index (κ1) is 18.8. The molecular formula is C18H18ClFN4OS. The van der Waals surface area contributed by atoms with Gasteiger partial charge < -0.3 is 5.73 Å². The molecule has 8 heteroatoms. The molecule has 2 N–H and O–H groups in total. The van der Waals surface area contributed by atoms with E-state index in [1.54, 1.807) is 12.1 Å². The lowest BCUT2D eigenvalue weighted by Crippen LogP contribution is -2.32. The van der Waals surface area contributed by atoms with E-state index in [-0.39, 0.29) is 23.8 Å². The van der Waals surface area contributed by atoms with Crippen LogP contribution in [0, 0.1) is 5.82 Å². The minimum absolute atomic E-state index is 0.0721. The Bertz CT molecular complexity index is 859. The fraction of sp³-hybridized carbons (Fsp3) is 0.333. The molecule has 0 saturated heterocycles. The fourth-order valence-corrected chi connectivity index (χ4v) is 4.01. The first-order valence-corrected chi connectivity index (χ1v) is 9.57. The molecule has 3 rings (SSSR count). The molecular weight excluding hydrogens is 375 g/mol. The van der Waals surface area contributed by atoms with Crippen molar-refractivity contribution >= 4 is 34.3 Å². The molecule has 1 aromatic heterocycles. The van der Waals surface area contributed by atoms with Crippen molar-refractivity contribution in [1.82, 2.24) is 9.97 Å². The molecule has 26 heavy (non-hydrogen) atoms. The van der Waals surface area contributed by atoms with Gasteiger partial charge in [0.2, 0.25) is 5.78 Å². The Balaban J connectivity index is 1.91. The van der Waals surface area contributed by atoms with Crippen molar-refractivity contribution in [2.75, 3.05) is 5.75 Å². The van der Waals surface area contributed by atoms with Gasteiger partial charge in [0.1, 0.15) is 5.82 Å². The Morgan fingerprint density at radius 3 is 2.77 bits per heavy atom. The molecule has 5 nitrogen and oxygen atoms in total. The van der Waals surface area contributed by atoms with Crippen LogP contribution in [0.2, 0.25) is 5.02 Å². The molecule has 0 radical (unpaired) electrons. The number of nitrogens with two attached hydrogens (primary N) is 1. The maximum absolute atomic E-state index is 14.6. The van der Waals surface area contributed by atoms with Crippen molar-refractivity contribution in [3.8, 4) is 0 Å². The average Bonchev–Trinajstić information content (AvgIpc) is 2.63. The Kier molecular flexibility index (Phi) is 5.58. The standard InChI is InChI=1S/C18H18ClFN4OS/c1-2-18(5-6-26-17(21)24-18)13-7-11(3-4-14(13)20)8-15(25)16-22-9-12(19)10-23-16/h3-4,7,9-10H,2,5-6,8H2,1H3,(H2,21,24)/t18-/m0/s1. The highest BCUT2D eigenvalue weighted by molar-refractivity contribution is 8.13. The van der Waals surface area contributed by atoms with Gasteiger partial charge in [0.15, 0.2) is 11.0 Å². The van der Waals surface area contributed by atoms with Crippen LogP contribution >= 0.6 is 23.4 Å². The van der Waals surface area contributed by atoms with Crippen LogP contribution in [0.25, 0.3) is 0 Å². The van der Waals surface area contributed by atoms with Gasteiger partial charge in [0, 0.05) is 30.1 Å². The van der Waals surface area contributed by atoms with Crippen LogP contribution in [0.3, 0.4) is 0 Å². The monoisotopic (exact) mass is 392 g/mol. The zero-order chi connectivity index (χ0) is 18.7. The highest BCUT2D eigenvalue weighted by Gasteiger charge is 2.35. The lowest BCUT2D eigenvalue weighted by molar-refractivity contribution is 0.0983. The minimum atomic E-state index is -0.685. The summed E-state index contributed by atoms with van der Waals surface area (Å²) in [6, 6.07) is 4.69. The van der Waals surface area contributed by atoms with Gasteiger partial charge in [-0.2, -0.15) is 0 Å². The zero-order valence-corrected chi connectivity index (χ0v) is 15.8. The van der Waals surface area contributed by atoms with Crippen LogP contribution in [-0.2, 0) is 12.0 Å². The van der Waals surface area contributed by atoms with E-state index in [2.05, 4.69) is 15.0 Å². The maximum atomic E-state index is 14.6. The summed E-state index contributed by atoms with van der Waals surface area (Å²) in [5, 5.41) is 0.828. The van der Waals surface area contributed by atoms with Gasteiger partial charge in [-0.25, -0.2) is 14.4 Å². The molecule has 1 aromatic carbocycles. The van der Waals surface area contributed by atoms with Gasteiger partial charge in [0.05, 0.1) is 10.6 Å². The fourth-order valence-electron chi connectivity index (χ4n) is 3.02. The van der Waals surface area contributed by atoms with Crippen LogP contribution in [0.4, 0.5) is 4.39 Å². The quantitative estimate of drug-likeness (QED) is 0.783. The average molecular weight is 393 g/mol. The number of hydrogen-bond acceptors (Lipinski definition) is 6. The number of aliphatic imine (C=N–C) groups is 1. The van der Waals surface area contributed by atoms with Crippen molar-refractivity contribution in [1.29, 1.82) is 0 Å². The minimum Gasteiger partial charge on any atom is -0.379 e. The van der Waals surface area contributed by atoms with Crippen molar-refractivity contribution in [2.24, 2.45) is 10.7 Å². The summed E-state index contributed by atoms with van der Waals surface area (Å²) in [7, 11) is 0. The summed E-state index contributed by atoms with van der Waals surface area (Å²) < 4.78 is 14.6. The second kappa shape index (κ2) is 7.72. The summed E-state index contributed by atoms with van der Waals surface area (Å²) in [6.07, 6.45) is 4.15. The Labute approximate surface area is 160 Å². The third-order valence-electron chi connectivity index (χ3n) is 4.44. The number of benzene rings is 1. The zero-order valence-electron chi connectivity index (χ0n) is 14.2. The van der Waals surface area contributed by atoms with Crippen molar-refractivity contribution < 1.29 is 9.18 Å². The van der Waals surface area contributed by atoms with Gasteiger partial charge in [0.25, 0.3) is 0 Å². The summed E-state index contributed by atoms with van der Waals surface area (Å²) in [5.41, 5.74) is 6.37. The molecule has 0 amide bonds. The van der Waals surface area contributed by atoms with Gasteiger partial charge >= 0.3 is 0 Å². The van der Waals surface area contributed by atoms with E-state index in [0.29, 0.717) is 34.2 Å². The number of carbonyl (C=O) groups excluding carboxylic acids is 1. The van der Waals surface area contributed by atoms with Crippen molar-refractivity contribution in [3.05, 3.63) is 58.4 Å². The van der Waals surface area contributed by atoms with E-state index >= 15 is 0 Å². The van der Waals surface area contributed by atoms with Gasteiger partial charge in [-0.05, 0) is 30.5 Å². The molecule has 0 bridgehead atoms. The Morgan fingerprint density at radius 2 is 2.12 bits per heavy atom. The van der Waals surface area contributed by atoms with E-state index in [1.807, 2.05) is 6.92 Å². The molecule has 0 saturated carbocycles.